The van der Waals surface area contributed by atoms with Crippen LogP contribution in [0, 0.1) is 6.92 Å². The second kappa shape index (κ2) is 6.54. The molecule has 1 rings (SSSR count). The van der Waals surface area contributed by atoms with E-state index in [1.165, 1.54) is 0 Å². The number of benzene rings is 1. The van der Waals surface area contributed by atoms with Crippen LogP contribution in [0.4, 0.5) is 0 Å². The minimum Gasteiger partial charge on any atom is -0.479 e. The van der Waals surface area contributed by atoms with E-state index in [1.54, 1.807) is 19.1 Å². The molecule has 98 valence electrons. The van der Waals surface area contributed by atoms with Crippen LogP contribution in [-0.2, 0) is 4.79 Å². The summed E-state index contributed by atoms with van der Waals surface area (Å²) in [6.45, 7) is 3.66. The number of carboxylic acids is 1. The molecule has 0 aromatic heterocycles. The van der Waals surface area contributed by atoms with E-state index in [0.29, 0.717) is 30.4 Å². The maximum Gasteiger partial charge on any atom is 0.344 e. The van der Waals surface area contributed by atoms with Gasteiger partial charge in [-0.2, -0.15) is 0 Å². The lowest BCUT2D eigenvalue weighted by atomic mass is 10.1. The SMILES string of the molecule is CCCC(Oc1c(C)cc(Br)cc1C=O)C(=O)O. The molecular weight excluding hydrogens is 300 g/mol. The van der Waals surface area contributed by atoms with Gasteiger partial charge in [0.05, 0.1) is 5.56 Å². The van der Waals surface area contributed by atoms with Crippen molar-refractivity contribution in [1.29, 1.82) is 0 Å². The molecule has 0 heterocycles. The largest absolute Gasteiger partial charge is 0.479 e. The minimum atomic E-state index is -1.02. The first-order valence-electron chi connectivity index (χ1n) is 5.64. The molecule has 0 fully saturated rings. The molecule has 1 atom stereocenters. The van der Waals surface area contributed by atoms with Crippen molar-refractivity contribution in [2.45, 2.75) is 32.8 Å². The lowest BCUT2D eigenvalue weighted by Gasteiger charge is -2.17. The van der Waals surface area contributed by atoms with Crippen LogP contribution in [0.1, 0.15) is 35.7 Å². The number of hydrogen-bond acceptors (Lipinski definition) is 3. The van der Waals surface area contributed by atoms with E-state index in [2.05, 4.69) is 15.9 Å². The van der Waals surface area contributed by atoms with Crippen LogP contribution >= 0.6 is 15.9 Å². The average molecular weight is 315 g/mol. The van der Waals surface area contributed by atoms with E-state index in [4.69, 9.17) is 9.84 Å². The number of hydrogen-bond donors (Lipinski definition) is 1. The van der Waals surface area contributed by atoms with Crippen LogP contribution in [0.3, 0.4) is 0 Å². The summed E-state index contributed by atoms with van der Waals surface area (Å²) in [4.78, 5) is 22.0. The minimum absolute atomic E-state index is 0.342. The third-order valence-electron chi connectivity index (χ3n) is 2.48. The number of rotatable bonds is 6. The van der Waals surface area contributed by atoms with Gasteiger partial charge >= 0.3 is 5.97 Å². The van der Waals surface area contributed by atoms with Gasteiger partial charge < -0.3 is 9.84 Å². The summed E-state index contributed by atoms with van der Waals surface area (Å²) in [5, 5.41) is 9.05. The number of halogens is 1. The Kier molecular flexibility index (Phi) is 5.34. The van der Waals surface area contributed by atoms with Gasteiger partial charge in [0.2, 0.25) is 0 Å². The van der Waals surface area contributed by atoms with Crippen molar-refractivity contribution in [1.82, 2.24) is 0 Å². The van der Waals surface area contributed by atoms with Gasteiger partial charge in [0.25, 0.3) is 0 Å². The normalized spacial score (nSPS) is 11.9. The molecule has 1 aromatic carbocycles. The van der Waals surface area contributed by atoms with Crippen molar-refractivity contribution in [3.8, 4) is 5.75 Å². The highest BCUT2D eigenvalue weighted by atomic mass is 79.9. The van der Waals surface area contributed by atoms with E-state index < -0.39 is 12.1 Å². The first-order valence-corrected chi connectivity index (χ1v) is 6.43. The fourth-order valence-electron chi connectivity index (χ4n) is 1.64. The maximum atomic E-state index is 11.0. The number of aliphatic carboxylic acids is 1. The molecular formula is C13H15BrO4. The van der Waals surface area contributed by atoms with E-state index in [-0.39, 0.29) is 0 Å². The summed E-state index contributed by atoms with van der Waals surface area (Å²) >= 11 is 3.28. The Morgan fingerprint density at radius 1 is 1.56 bits per heavy atom. The van der Waals surface area contributed by atoms with E-state index in [0.717, 1.165) is 10.0 Å². The Balaban J connectivity index is 3.08. The molecule has 1 unspecified atom stereocenters. The summed E-state index contributed by atoms with van der Waals surface area (Å²) in [5.41, 5.74) is 1.08. The summed E-state index contributed by atoms with van der Waals surface area (Å²) < 4.78 is 6.23. The first-order chi connectivity index (χ1) is 8.49. The van der Waals surface area contributed by atoms with Crippen LogP contribution in [0.2, 0.25) is 0 Å². The van der Waals surface area contributed by atoms with Gasteiger partial charge in [0, 0.05) is 4.47 Å². The first kappa shape index (κ1) is 14.7. The van der Waals surface area contributed by atoms with Gasteiger partial charge in [-0.1, -0.05) is 29.3 Å². The molecule has 0 radical (unpaired) electrons. The third-order valence-corrected chi connectivity index (χ3v) is 2.94. The number of ether oxygens (including phenoxy) is 1. The predicted octanol–water partition coefficient (Wildman–Crippen LogP) is 3.20. The summed E-state index contributed by atoms with van der Waals surface area (Å²) in [6.07, 6.45) is 0.845. The van der Waals surface area contributed by atoms with Crippen molar-refractivity contribution >= 4 is 28.2 Å². The monoisotopic (exact) mass is 314 g/mol. The van der Waals surface area contributed by atoms with Crippen LogP contribution in [0.25, 0.3) is 0 Å². The molecule has 5 heteroatoms. The smallest absolute Gasteiger partial charge is 0.344 e. The van der Waals surface area contributed by atoms with E-state index in [1.807, 2.05) is 6.92 Å². The highest BCUT2D eigenvalue weighted by Crippen LogP contribution is 2.28. The fraction of sp³-hybridized carbons (Fsp3) is 0.385. The Morgan fingerprint density at radius 3 is 2.72 bits per heavy atom. The molecule has 18 heavy (non-hydrogen) atoms. The lowest BCUT2D eigenvalue weighted by molar-refractivity contribution is -0.145. The molecule has 0 bridgehead atoms. The van der Waals surface area contributed by atoms with Crippen LogP contribution in [-0.4, -0.2) is 23.5 Å². The fourth-order valence-corrected chi connectivity index (χ4v) is 2.23. The number of carbonyl (C=O) groups is 2. The number of carbonyl (C=O) groups excluding carboxylic acids is 1. The molecule has 0 spiro atoms. The molecule has 0 aliphatic heterocycles. The van der Waals surface area contributed by atoms with Crippen molar-refractivity contribution in [2.75, 3.05) is 0 Å². The Labute approximate surface area is 114 Å². The number of aldehydes is 1. The van der Waals surface area contributed by atoms with Crippen molar-refractivity contribution < 1.29 is 19.4 Å². The lowest BCUT2D eigenvalue weighted by Crippen LogP contribution is -2.27. The molecule has 0 saturated carbocycles. The third kappa shape index (κ3) is 3.57. The maximum absolute atomic E-state index is 11.0. The topological polar surface area (TPSA) is 63.6 Å². The average Bonchev–Trinajstić information content (AvgIpc) is 2.30. The molecule has 0 saturated heterocycles. The van der Waals surface area contributed by atoms with Gasteiger partial charge in [0.1, 0.15) is 5.75 Å². The van der Waals surface area contributed by atoms with Gasteiger partial charge in [0.15, 0.2) is 12.4 Å². The highest BCUT2D eigenvalue weighted by molar-refractivity contribution is 9.10. The van der Waals surface area contributed by atoms with Crippen molar-refractivity contribution in [3.05, 3.63) is 27.7 Å². The standard InChI is InChI=1S/C13H15BrO4/c1-3-4-11(13(16)17)18-12-8(2)5-10(14)6-9(12)7-15/h5-7,11H,3-4H2,1-2H3,(H,16,17). The van der Waals surface area contributed by atoms with E-state index in [9.17, 15) is 9.59 Å². The Hall–Kier alpha value is -1.36. The molecule has 4 nitrogen and oxygen atoms in total. The van der Waals surface area contributed by atoms with Crippen LogP contribution in [0.15, 0.2) is 16.6 Å². The molecule has 1 aromatic rings. The van der Waals surface area contributed by atoms with Crippen molar-refractivity contribution in [3.63, 3.8) is 0 Å². The molecule has 1 N–H and O–H groups in total. The Bertz CT molecular complexity index is 457. The van der Waals surface area contributed by atoms with E-state index >= 15 is 0 Å². The zero-order valence-electron chi connectivity index (χ0n) is 10.3. The molecule has 0 amide bonds. The second-order valence-corrected chi connectivity index (χ2v) is 4.91. The van der Waals surface area contributed by atoms with Gasteiger partial charge in [-0.3, -0.25) is 4.79 Å². The van der Waals surface area contributed by atoms with Crippen molar-refractivity contribution in [2.24, 2.45) is 0 Å². The predicted molar refractivity (Wildman–Crippen MR) is 71.2 cm³/mol. The zero-order chi connectivity index (χ0) is 13.7. The van der Waals surface area contributed by atoms with Crippen LogP contribution < -0.4 is 4.74 Å². The second-order valence-electron chi connectivity index (χ2n) is 3.99. The highest BCUT2D eigenvalue weighted by Gasteiger charge is 2.21. The zero-order valence-corrected chi connectivity index (χ0v) is 11.9. The number of carboxylic acid groups (broad SMARTS) is 1. The van der Waals surface area contributed by atoms with Gasteiger partial charge in [-0.25, -0.2) is 4.79 Å². The Morgan fingerprint density at radius 2 is 2.22 bits per heavy atom. The summed E-state index contributed by atoms with van der Waals surface area (Å²) in [7, 11) is 0. The van der Waals surface area contributed by atoms with Gasteiger partial charge in [-0.05, 0) is 31.0 Å². The van der Waals surface area contributed by atoms with Crippen LogP contribution in [0.5, 0.6) is 5.75 Å². The summed E-state index contributed by atoms with van der Waals surface area (Å²) in [6, 6.07) is 3.40. The number of aryl methyl sites for hydroxylation is 1. The quantitative estimate of drug-likeness (QED) is 0.819. The van der Waals surface area contributed by atoms with Gasteiger partial charge in [-0.15, -0.1) is 0 Å². The summed E-state index contributed by atoms with van der Waals surface area (Å²) in [5.74, 6) is -0.676. The molecule has 0 aliphatic rings. The molecule has 0 aliphatic carbocycles.